The maximum absolute atomic E-state index is 12.6. The van der Waals surface area contributed by atoms with Gasteiger partial charge in [-0.3, -0.25) is 9.78 Å². The number of anilines is 1. The number of hydrogen-bond donors (Lipinski definition) is 2. The molecule has 1 heterocycles. The van der Waals surface area contributed by atoms with Crippen LogP contribution in [0.2, 0.25) is 0 Å². The molecule has 7 nitrogen and oxygen atoms in total. The number of nitrogens with one attached hydrogen (secondary N) is 2. The number of amides is 1. The first-order chi connectivity index (χ1) is 16.1. The predicted octanol–water partition coefficient (Wildman–Crippen LogP) is 5.23. The molecule has 0 aliphatic carbocycles. The fourth-order valence-corrected chi connectivity index (χ4v) is 3.08. The third kappa shape index (κ3) is 7.00. The van der Waals surface area contributed by atoms with Crippen LogP contribution in [-0.4, -0.2) is 36.2 Å². The molecule has 0 fully saturated rings. The number of hydrogen-bond acceptors (Lipinski definition) is 4. The third-order valence-corrected chi connectivity index (χ3v) is 4.81. The van der Waals surface area contributed by atoms with Gasteiger partial charge in [-0.25, -0.2) is 9.98 Å². The molecule has 0 aliphatic heterocycles. The molecular formula is C26H29N5O2. The lowest BCUT2D eigenvalue weighted by Gasteiger charge is -2.11. The number of aliphatic imine (C=N–C) groups is 2. The van der Waals surface area contributed by atoms with E-state index in [-0.39, 0.29) is 5.91 Å². The monoisotopic (exact) mass is 443 g/mol. The molecule has 0 bridgehead atoms. The number of methoxy groups -OCH3 is 1. The van der Waals surface area contributed by atoms with E-state index in [0.717, 1.165) is 29.8 Å². The first-order valence-corrected chi connectivity index (χ1v) is 10.9. The van der Waals surface area contributed by atoms with Gasteiger partial charge in [-0.05, 0) is 61.9 Å². The van der Waals surface area contributed by atoms with E-state index in [1.807, 2.05) is 54.6 Å². The molecule has 0 atom stereocenters. The second-order valence-corrected chi connectivity index (χ2v) is 7.34. The Balaban J connectivity index is 1.90. The summed E-state index contributed by atoms with van der Waals surface area (Å²) in [5.41, 5.74) is 2.76. The van der Waals surface area contributed by atoms with Gasteiger partial charge in [0.25, 0.3) is 5.91 Å². The van der Waals surface area contributed by atoms with Gasteiger partial charge in [-0.15, -0.1) is 0 Å². The van der Waals surface area contributed by atoms with Crippen LogP contribution in [0.3, 0.4) is 0 Å². The summed E-state index contributed by atoms with van der Waals surface area (Å²) >= 11 is 0. The number of unbranched alkanes of at least 4 members (excludes halogenated alkanes) is 1. The van der Waals surface area contributed by atoms with Gasteiger partial charge < -0.3 is 15.4 Å². The minimum absolute atomic E-state index is 0.136. The van der Waals surface area contributed by atoms with Crippen molar-refractivity contribution in [3.8, 4) is 5.75 Å². The molecule has 1 aromatic heterocycles. The van der Waals surface area contributed by atoms with Gasteiger partial charge in [0.1, 0.15) is 17.4 Å². The molecule has 0 unspecified atom stereocenters. The third-order valence-electron chi connectivity index (χ3n) is 4.81. The summed E-state index contributed by atoms with van der Waals surface area (Å²) in [5, 5.41) is 6.28. The van der Waals surface area contributed by atoms with Gasteiger partial charge in [-0.1, -0.05) is 25.5 Å². The van der Waals surface area contributed by atoms with Crippen LogP contribution < -0.4 is 15.4 Å². The van der Waals surface area contributed by atoms with Crippen molar-refractivity contribution in [3.05, 3.63) is 84.2 Å². The highest BCUT2D eigenvalue weighted by Gasteiger charge is 2.11. The Bertz CT molecular complexity index is 1110. The Morgan fingerprint density at radius 3 is 2.55 bits per heavy atom. The fourth-order valence-electron chi connectivity index (χ4n) is 3.08. The van der Waals surface area contributed by atoms with Crippen LogP contribution >= 0.6 is 0 Å². The van der Waals surface area contributed by atoms with E-state index in [2.05, 4.69) is 27.5 Å². The molecule has 0 saturated heterocycles. The van der Waals surface area contributed by atoms with Crippen molar-refractivity contribution in [2.45, 2.75) is 26.7 Å². The van der Waals surface area contributed by atoms with Crippen LogP contribution in [0.5, 0.6) is 5.75 Å². The van der Waals surface area contributed by atoms with Crippen LogP contribution in [0, 0.1) is 0 Å². The molecule has 1 amide bonds. The van der Waals surface area contributed by atoms with Crippen LogP contribution in [-0.2, 0) is 0 Å². The van der Waals surface area contributed by atoms with Crippen LogP contribution in [0.15, 0.2) is 83.0 Å². The van der Waals surface area contributed by atoms with Gasteiger partial charge >= 0.3 is 0 Å². The molecule has 170 valence electrons. The molecule has 0 aliphatic rings. The van der Waals surface area contributed by atoms with Crippen molar-refractivity contribution in [1.82, 2.24) is 10.3 Å². The standard InChI is InChI=1S/C26H29N5O2/c1-4-5-17-28-26(32)23-10-6-7-11-24(23)29-19(2)30-25(20-9-8-16-27-18-20)31-21-12-14-22(33-3)15-13-21/h6-16,18H,4-5,17H2,1-3H3,(H,28,32)(H,29,30,31). The number of pyridine rings is 1. The number of para-hydroxylation sites is 1. The summed E-state index contributed by atoms with van der Waals surface area (Å²) in [6.45, 7) is 4.53. The highest BCUT2D eigenvalue weighted by molar-refractivity contribution is 6.13. The van der Waals surface area contributed by atoms with Gasteiger partial charge in [-0.2, -0.15) is 0 Å². The Hall–Kier alpha value is -4.00. The zero-order valence-electron chi connectivity index (χ0n) is 19.2. The van der Waals surface area contributed by atoms with E-state index in [0.29, 0.717) is 29.5 Å². The SMILES string of the molecule is CCCCNC(=O)c1ccccc1N=C(C)N=C(Nc1ccc(OC)cc1)c1cccnc1. The molecule has 2 aromatic carbocycles. The van der Waals surface area contributed by atoms with Crippen LogP contribution in [0.25, 0.3) is 0 Å². The molecule has 2 N–H and O–H groups in total. The summed E-state index contributed by atoms with van der Waals surface area (Å²) in [4.78, 5) is 26.2. The molecule has 7 heteroatoms. The van der Waals surface area contributed by atoms with Crippen molar-refractivity contribution in [2.75, 3.05) is 19.0 Å². The van der Waals surface area contributed by atoms with Crippen molar-refractivity contribution in [2.24, 2.45) is 9.98 Å². The van der Waals surface area contributed by atoms with Gasteiger partial charge in [0, 0.05) is 30.2 Å². The lowest BCUT2D eigenvalue weighted by Crippen LogP contribution is -2.24. The van der Waals surface area contributed by atoms with Crippen molar-refractivity contribution in [3.63, 3.8) is 0 Å². The quantitative estimate of drug-likeness (QED) is 0.283. The normalized spacial score (nSPS) is 11.7. The number of nitrogens with zero attached hydrogens (tertiary/aromatic N) is 3. The van der Waals surface area contributed by atoms with Gasteiger partial charge in [0.15, 0.2) is 0 Å². The number of carbonyl (C=O) groups excluding carboxylic acids is 1. The lowest BCUT2D eigenvalue weighted by molar-refractivity contribution is 0.0954. The molecular weight excluding hydrogens is 414 g/mol. The Morgan fingerprint density at radius 1 is 1.06 bits per heavy atom. The molecule has 3 aromatic rings. The maximum atomic E-state index is 12.6. The zero-order chi connectivity index (χ0) is 23.5. The number of amidine groups is 2. The Kier molecular flexibility index (Phi) is 8.71. The van der Waals surface area contributed by atoms with Crippen molar-refractivity contribution in [1.29, 1.82) is 0 Å². The number of ether oxygens (including phenoxy) is 1. The van der Waals surface area contributed by atoms with Crippen LogP contribution in [0.1, 0.15) is 42.6 Å². The summed E-state index contributed by atoms with van der Waals surface area (Å²) in [6, 6.07) is 18.6. The smallest absolute Gasteiger partial charge is 0.253 e. The summed E-state index contributed by atoms with van der Waals surface area (Å²) < 4.78 is 5.23. The Labute approximate surface area is 194 Å². The first-order valence-electron chi connectivity index (χ1n) is 10.9. The molecule has 3 rings (SSSR count). The van der Waals surface area contributed by atoms with Crippen LogP contribution in [0.4, 0.5) is 11.4 Å². The average Bonchev–Trinajstić information content (AvgIpc) is 2.85. The number of carbonyl (C=O) groups is 1. The number of aromatic nitrogens is 1. The minimum Gasteiger partial charge on any atom is -0.497 e. The average molecular weight is 444 g/mol. The topological polar surface area (TPSA) is 88.0 Å². The molecule has 33 heavy (non-hydrogen) atoms. The van der Waals surface area contributed by atoms with Crippen molar-refractivity contribution < 1.29 is 9.53 Å². The second kappa shape index (κ2) is 12.1. The van der Waals surface area contributed by atoms with E-state index in [1.165, 1.54) is 0 Å². The van der Waals surface area contributed by atoms with Crippen molar-refractivity contribution >= 4 is 29.0 Å². The fraction of sp³-hybridized carbons (Fsp3) is 0.231. The van der Waals surface area contributed by atoms with E-state index in [1.54, 1.807) is 32.5 Å². The van der Waals surface area contributed by atoms with E-state index >= 15 is 0 Å². The molecule has 0 spiro atoms. The highest BCUT2D eigenvalue weighted by Crippen LogP contribution is 2.20. The Morgan fingerprint density at radius 2 is 1.85 bits per heavy atom. The lowest BCUT2D eigenvalue weighted by atomic mass is 10.1. The second-order valence-electron chi connectivity index (χ2n) is 7.34. The minimum atomic E-state index is -0.136. The van der Waals surface area contributed by atoms with Gasteiger partial charge in [0.05, 0.1) is 18.4 Å². The predicted molar refractivity (Wildman–Crippen MR) is 134 cm³/mol. The first kappa shape index (κ1) is 23.7. The van der Waals surface area contributed by atoms with E-state index < -0.39 is 0 Å². The van der Waals surface area contributed by atoms with E-state index in [4.69, 9.17) is 9.73 Å². The molecule has 0 saturated carbocycles. The highest BCUT2D eigenvalue weighted by atomic mass is 16.5. The summed E-state index contributed by atoms with van der Waals surface area (Å²) in [5.74, 6) is 1.73. The number of benzene rings is 2. The largest absolute Gasteiger partial charge is 0.497 e. The summed E-state index contributed by atoms with van der Waals surface area (Å²) in [6.07, 6.45) is 5.40. The molecule has 0 radical (unpaired) electrons. The van der Waals surface area contributed by atoms with Gasteiger partial charge in [0.2, 0.25) is 0 Å². The summed E-state index contributed by atoms with van der Waals surface area (Å²) in [7, 11) is 1.63. The maximum Gasteiger partial charge on any atom is 0.253 e. The zero-order valence-corrected chi connectivity index (χ0v) is 19.2. The number of rotatable bonds is 8. The van der Waals surface area contributed by atoms with E-state index in [9.17, 15) is 4.79 Å².